The Labute approximate surface area is 141 Å². The summed E-state index contributed by atoms with van der Waals surface area (Å²) in [6.45, 7) is 7.29. The van der Waals surface area contributed by atoms with Gasteiger partial charge in [-0.05, 0) is 73.7 Å². The van der Waals surface area contributed by atoms with Crippen molar-refractivity contribution in [2.24, 2.45) is 22.7 Å². The van der Waals surface area contributed by atoms with Crippen LogP contribution in [0.15, 0.2) is 23.3 Å². The summed E-state index contributed by atoms with van der Waals surface area (Å²) in [6, 6.07) is 0. The molecule has 0 aliphatic heterocycles. The first-order valence-corrected chi connectivity index (χ1v) is 9.10. The summed E-state index contributed by atoms with van der Waals surface area (Å²) in [7, 11) is 0. The zero-order valence-corrected chi connectivity index (χ0v) is 15.0. The Morgan fingerprint density at radius 3 is 2.61 bits per heavy atom. The Bertz CT molecular complexity index is 468. The van der Waals surface area contributed by atoms with Crippen LogP contribution in [-0.2, 0) is 0 Å². The molecule has 0 radical (unpaired) electrons. The molecule has 2 rings (SSSR count). The number of hydrogen-bond donors (Lipinski definition) is 3. The molecular weight excluding hydrogens is 288 g/mol. The molecule has 0 bridgehead atoms. The van der Waals surface area contributed by atoms with Gasteiger partial charge in [-0.15, -0.1) is 0 Å². The van der Waals surface area contributed by atoms with Crippen molar-refractivity contribution in [1.82, 2.24) is 0 Å². The van der Waals surface area contributed by atoms with Gasteiger partial charge in [0, 0.05) is 6.61 Å². The van der Waals surface area contributed by atoms with Crippen LogP contribution in [0.3, 0.4) is 0 Å². The summed E-state index contributed by atoms with van der Waals surface area (Å²) in [6.07, 6.45) is 10.5. The molecule has 0 unspecified atom stereocenters. The summed E-state index contributed by atoms with van der Waals surface area (Å²) in [5.41, 5.74) is 2.77. The van der Waals surface area contributed by atoms with E-state index < -0.39 is 0 Å². The molecule has 0 aromatic rings. The van der Waals surface area contributed by atoms with Crippen LogP contribution in [0.2, 0.25) is 0 Å². The number of hydrogen-bond acceptors (Lipinski definition) is 3. The zero-order valence-electron chi connectivity index (χ0n) is 15.0. The van der Waals surface area contributed by atoms with E-state index in [9.17, 15) is 10.2 Å². The fraction of sp³-hybridized carbons (Fsp3) is 0.800. The van der Waals surface area contributed by atoms with Gasteiger partial charge in [0.25, 0.3) is 0 Å². The van der Waals surface area contributed by atoms with E-state index in [1.165, 1.54) is 18.4 Å². The standard InChI is InChI=1S/C20H34O3/c1-15-5-4-6-18-19(15,2)11-8-17(14-23)20(18,3)10-7-16(13-22)9-12-21/h5,9,17-18,21-23H,4,6-8,10-14H2,1-3H3/b16-9+/t17-,18-,19-,20+/m0/s1. The van der Waals surface area contributed by atoms with Gasteiger partial charge in [0.15, 0.2) is 0 Å². The lowest BCUT2D eigenvalue weighted by Crippen LogP contribution is -2.51. The Morgan fingerprint density at radius 2 is 2.00 bits per heavy atom. The first-order valence-electron chi connectivity index (χ1n) is 9.10. The highest BCUT2D eigenvalue weighted by Crippen LogP contribution is 2.61. The van der Waals surface area contributed by atoms with Gasteiger partial charge in [-0.2, -0.15) is 0 Å². The van der Waals surface area contributed by atoms with Gasteiger partial charge in [-0.25, -0.2) is 0 Å². The molecule has 0 aromatic heterocycles. The lowest BCUT2D eigenvalue weighted by atomic mass is 9.46. The van der Waals surface area contributed by atoms with Crippen molar-refractivity contribution in [3.8, 4) is 0 Å². The van der Waals surface area contributed by atoms with E-state index in [-0.39, 0.29) is 30.7 Å². The molecule has 132 valence electrons. The SMILES string of the molecule is CC1=CCC[C@@H]2[C@](C)(CC/C(=C\CO)CO)[C@H](CO)CC[C@@]12C. The van der Waals surface area contributed by atoms with Crippen LogP contribution in [0.25, 0.3) is 0 Å². The van der Waals surface area contributed by atoms with E-state index >= 15 is 0 Å². The summed E-state index contributed by atoms with van der Waals surface area (Å²) >= 11 is 0. The van der Waals surface area contributed by atoms with Crippen LogP contribution in [0.5, 0.6) is 0 Å². The first-order chi connectivity index (χ1) is 10.9. The molecule has 3 N–H and O–H groups in total. The highest BCUT2D eigenvalue weighted by molar-refractivity contribution is 5.21. The zero-order chi connectivity index (χ0) is 17.1. The van der Waals surface area contributed by atoms with Gasteiger partial charge in [0.1, 0.15) is 0 Å². The lowest BCUT2D eigenvalue weighted by Gasteiger charge is -2.58. The lowest BCUT2D eigenvalue weighted by molar-refractivity contribution is -0.0714. The minimum atomic E-state index is -0.0149. The third-order valence-corrected chi connectivity index (χ3v) is 7.10. The van der Waals surface area contributed by atoms with E-state index in [4.69, 9.17) is 5.11 Å². The Hall–Kier alpha value is -0.640. The van der Waals surface area contributed by atoms with Crippen LogP contribution < -0.4 is 0 Å². The van der Waals surface area contributed by atoms with Gasteiger partial charge in [-0.3, -0.25) is 0 Å². The number of aliphatic hydroxyl groups is 3. The van der Waals surface area contributed by atoms with E-state index in [0.717, 1.165) is 31.3 Å². The number of fused-ring (bicyclic) bond motifs is 1. The van der Waals surface area contributed by atoms with Crippen LogP contribution in [0.1, 0.15) is 59.3 Å². The van der Waals surface area contributed by atoms with Crippen molar-refractivity contribution in [2.45, 2.75) is 59.3 Å². The highest BCUT2D eigenvalue weighted by Gasteiger charge is 2.53. The van der Waals surface area contributed by atoms with Gasteiger partial charge in [-0.1, -0.05) is 31.6 Å². The van der Waals surface area contributed by atoms with Gasteiger partial charge in [0.05, 0.1) is 13.2 Å². The molecule has 23 heavy (non-hydrogen) atoms. The molecule has 0 spiro atoms. The quantitative estimate of drug-likeness (QED) is 0.656. The van der Waals surface area contributed by atoms with Crippen LogP contribution in [0.4, 0.5) is 0 Å². The fourth-order valence-corrected chi connectivity index (χ4v) is 5.29. The molecule has 3 heteroatoms. The molecule has 1 fully saturated rings. The van der Waals surface area contributed by atoms with E-state index in [1.54, 1.807) is 6.08 Å². The van der Waals surface area contributed by atoms with E-state index in [0.29, 0.717) is 11.8 Å². The molecular formula is C20H34O3. The van der Waals surface area contributed by atoms with Crippen molar-refractivity contribution in [2.75, 3.05) is 19.8 Å². The number of rotatable bonds is 6. The molecule has 3 nitrogen and oxygen atoms in total. The second-order valence-electron chi connectivity index (χ2n) is 8.06. The van der Waals surface area contributed by atoms with E-state index in [2.05, 4.69) is 26.8 Å². The topological polar surface area (TPSA) is 60.7 Å². The maximum absolute atomic E-state index is 9.97. The predicted molar refractivity (Wildman–Crippen MR) is 94.0 cm³/mol. The summed E-state index contributed by atoms with van der Waals surface area (Å²) in [5, 5.41) is 28.6. The fourth-order valence-electron chi connectivity index (χ4n) is 5.29. The highest BCUT2D eigenvalue weighted by atomic mass is 16.3. The van der Waals surface area contributed by atoms with Crippen molar-refractivity contribution in [1.29, 1.82) is 0 Å². The third kappa shape index (κ3) is 3.42. The largest absolute Gasteiger partial charge is 0.396 e. The monoisotopic (exact) mass is 322 g/mol. The molecule has 2 aliphatic carbocycles. The third-order valence-electron chi connectivity index (χ3n) is 7.10. The Balaban J connectivity index is 2.26. The molecule has 1 saturated carbocycles. The smallest absolute Gasteiger partial charge is 0.0642 e. The number of aliphatic hydroxyl groups excluding tert-OH is 3. The minimum absolute atomic E-state index is 0.0149. The second-order valence-corrected chi connectivity index (χ2v) is 8.06. The summed E-state index contributed by atoms with van der Waals surface area (Å²) < 4.78 is 0. The number of allylic oxidation sites excluding steroid dienone is 2. The van der Waals surface area contributed by atoms with Crippen LogP contribution in [-0.4, -0.2) is 35.1 Å². The van der Waals surface area contributed by atoms with Crippen molar-refractivity contribution in [3.05, 3.63) is 23.3 Å². The minimum Gasteiger partial charge on any atom is -0.396 e. The van der Waals surface area contributed by atoms with Crippen LogP contribution >= 0.6 is 0 Å². The molecule has 0 saturated heterocycles. The normalized spacial score (nSPS) is 38.2. The van der Waals surface area contributed by atoms with Crippen molar-refractivity contribution in [3.63, 3.8) is 0 Å². The molecule has 0 heterocycles. The van der Waals surface area contributed by atoms with E-state index in [1.807, 2.05) is 0 Å². The molecule has 2 aliphatic rings. The van der Waals surface area contributed by atoms with Crippen molar-refractivity contribution >= 4 is 0 Å². The molecule has 0 amide bonds. The average molecular weight is 322 g/mol. The Morgan fingerprint density at radius 1 is 1.26 bits per heavy atom. The average Bonchev–Trinajstić information content (AvgIpc) is 2.54. The maximum atomic E-state index is 9.97. The van der Waals surface area contributed by atoms with Crippen LogP contribution in [0, 0.1) is 22.7 Å². The summed E-state index contributed by atoms with van der Waals surface area (Å²) in [5.74, 6) is 0.917. The first kappa shape index (κ1) is 18.7. The Kier molecular flexibility index (Phi) is 6.10. The predicted octanol–water partition coefficient (Wildman–Crippen LogP) is 3.45. The van der Waals surface area contributed by atoms with Gasteiger partial charge < -0.3 is 15.3 Å². The van der Waals surface area contributed by atoms with Gasteiger partial charge >= 0.3 is 0 Å². The summed E-state index contributed by atoms with van der Waals surface area (Å²) in [4.78, 5) is 0. The molecule has 4 atom stereocenters. The van der Waals surface area contributed by atoms with Crippen molar-refractivity contribution < 1.29 is 15.3 Å². The second kappa shape index (κ2) is 7.50. The maximum Gasteiger partial charge on any atom is 0.0642 e. The van der Waals surface area contributed by atoms with Gasteiger partial charge in [0.2, 0.25) is 0 Å². The molecule has 0 aromatic carbocycles.